The zero-order chi connectivity index (χ0) is 9.97. The van der Waals surface area contributed by atoms with Crippen molar-refractivity contribution in [3.8, 4) is 0 Å². The number of benzene rings is 1. The van der Waals surface area contributed by atoms with Crippen molar-refractivity contribution in [3.05, 3.63) is 43.7 Å². The molecule has 2 aromatic rings. The summed E-state index contributed by atoms with van der Waals surface area (Å²) in [6.45, 7) is 0. The Morgan fingerprint density at radius 2 is 2.29 bits per heavy atom. The fraction of sp³-hybridized carbons (Fsp3) is 0.111. The zero-order valence-corrected chi connectivity index (χ0v) is 10.8. The number of rotatable bonds is 2. The van der Waals surface area contributed by atoms with Gasteiger partial charge in [-0.1, -0.05) is 23.7 Å². The Labute approximate surface area is 105 Å². The second-order valence-electron chi connectivity index (χ2n) is 2.77. The van der Waals surface area contributed by atoms with E-state index in [-0.39, 0.29) is 0 Å². The second kappa shape index (κ2) is 4.55. The number of hydrogen-bond donors (Lipinski definition) is 0. The summed E-state index contributed by atoms with van der Waals surface area (Å²) in [6.07, 6.45) is 0.750. The largest absolute Gasteiger partial charge is 0.213 e. The van der Waals surface area contributed by atoms with Gasteiger partial charge in [-0.2, -0.15) is 4.37 Å². The molecule has 72 valence electrons. The van der Waals surface area contributed by atoms with Crippen molar-refractivity contribution in [1.29, 1.82) is 0 Å². The van der Waals surface area contributed by atoms with E-state index < -0.39 is 0 Å². The predicted molar refractivity (Wildman–Crippen MR) is 66.9 cm³/mol. The molecule has 0 spiro atoms. The SMILES string of the molecule is Clc1cccc(Cc2nsc(I)n2)c1. The third kappa shape index (κ3) is 2.65. The highest BCUT2D eigenvalue weighted by Gasteiger charge is 2.02. The molecule has 2 nitrogen and oxygen atoms in total. The lowest BCUT2D eigenvalue weighted by Gasteiger charge is -1.97. The molecule has 1 heterocycles. The highest BCUT2D eigenvalue weighted by molar-refractivity contribution is 14.1. The van der Waals surface area contributed by atoms with E-state index in [1.54, 1.807) is 0 Å². The van der Waals surface area contributed by atoms with Gasteiger partial charge in [0, 0.05) is 11.4 Å². The summed E-state index contributed by atoms with van der Waals surface area (Å²) in [5, 5.41) is 0.757. The van der Waals surface area contributed by atoms with Crippen LogP contribution < -0.4 is 0 Å². The van der Waals surface area contributed by atoms with E-state index in [1.165, 1.54) is 11.5 Å². The Morgan fingerprint density at radius 3 is 2.93 bits per heavy atom. The lowest BCUT2D eigenvalue weighted by molar-refractivity contribution is 1.03. The first-order valence-corrected chi connectivity index (χ1v) is 6.19. The molecule has 0 atom stereocenters. The molecule has 0 saturated heterocycles. The Bertz CT molecular complexity index is 444. The fourth-order valence-corrected chi connectivity index (χ4v) is 2.35. The molecular formula is C9H6ClIN2S. The molecule has 14 heavy (non-hydrogen) atoms. The first-order valence-electron chi connectivity index (χ1n) is 3.96. The van der Waals surface area contributed by atoms with Gasteiger partial charge in [0.1, 0.15) is 5.82 Å². The van der Waals surface area contributed by atoms with Crippen LogP contribution in [0.2, 0.25) is 5.02 Å². The molecule has 1 aromatic heterocycles. The minimum Gasteiger partial charge on any atom is -0.213 e. The van der Waals surface area contributed by atoms with Gasteiger partial charge in [-0.3, -0.25) is 0 Å². The highest BCUT2D eigenvalue weighted by atomic mass is 127. The van der Waals surface area contributed by atoms with Crippen LogP contribution in [0.4, 0.5) is 0 Å². The van der Waals surface area contributed by atoms with Gasteiger partial charge in [-0.15, -0.1) is 0 Å². The number of hydrogen-bond acceptors (Lipinski definition) is 3. The van der Waals surface area contributed by atoms with E-state index in [4.69, 9.17) is 11.6 Å². The summed E-state index contributed by atoms with van der Waals surface area (Å²) in [5.74, 6) is 0.863. The van der Waals surface area contributed by atoms with Gasteiger partial charge in [0.05, 0.1) is 0 Å². The smallest absolute Gasteiger partial charge is 0.173 e. The molecule has 0 aliphatic heterocycles. The van der Waals surface area contributed by atoms with Crippen molar-refractivity contribution in [2.75, 3.05) is 0 Å². The van der Waals surface area contributed by atoms with Crippen LogP contribution >= 0.6 is 45.7 Å². The number of aromatic nitrogens is 2. The van der Waals surface area contributed by atoms with Gasteiger partial charge in [-0.05, 0) is 51.8 Å². The molecule has 0 bridgehead atoms. The van der Waals surface area contributed by atoms with E-state index in [1.807, 2.05) is 24.3 Å². The Kier molecular flexibility index (Phi) is 3.35. The average molecular weight is 337 g/mol. The minimum absolute atomic E-state index is 0.750. The van der Waals surface area contributed by atoms with Crippen LogP contribution in [0.25, 0.3) is 0 Å². The maximum atomic E-state index is 5.88. The standard InChI is InChI=1S/C9H6ClIN2S/c10-7-3-1-2-6(4-7)5-8-12-9(11)14-13-8/h1-4H,5H2. The molecular weight excluding hydrogens is 331 g/mol. The molecule has 0 amide bonds. The molecule has 0 radical (unpaired) electrons. The van der Waals surface area contributed by atoms with Crippen LogP contribution in [0.1, 0.15) is 11.4 Å². The maximum absolute atomic E-state index is 5.88. The summed E-state index contributed by atoms with van der Waals surface area (Å²) in [7, 11) is 0. The van der Waals surface area contributed by atoms with Gasteiger partial charge in [0.25, 0.3) is 0 Å². The molecule has 5 heteroatoms. The average Bonchev–Trinajstić information content (AvgIpc) is 2.51. The van der Waals surface area contributed by atoms with Crippen molar-refractivity contribution in [3.63, 3.8) is 0 Å². The van der Waals surface area contributed by atoms with E-state index >= 15 is 0 Å². The van der Waals surface area contributed by atoms with E-state index in [0.717, 1.165) is 25.8 Å². The summed E-state index contributed by atoms with van der Waals surface area (Å²) in [6, 6.07) is 7.77. The topological polar surface area (TPSA) is 25.8 Å². The molecule has 0 N–H and O–H groups in total. The first-order chi connectivity index (χ1) is 6.74. The number of nitrogens with zero attached hydrogens (tertiary/aromatic N) is 2. The fourth-order valence-electron chi connectivity index (χ4n) is 1.13. The van der Waals surface area contributed by atoms with Crippen molar-refractivity contribution < 1.29 is 0 Å². The molecule has 0 aliphatic carbocycles. The summed E-state index contributed by atoms with van der Waals surface area (Å²) < 4.78 is 5.19. The summed E-state index contributed by atoms with van der Waals surface area (Å²) in [5.41, 5.74) is 1.15. The van der Waals surface area contributed by atoms with Crippen molar-refractivity contribution >= 4 is 45.7 Å². The molecule has 0 unspecified atom stereocenters. The number of halogens is 2. The predicted octanol–water partition coefficient (Wildman–Crippen LogP) is 3.39. The lowest BCUT2D eigenvalue weighted by atomic mass is 10.1. The van der Waals surface area contributed by atoms with Gasteiger partial charge in [0.2, 0.25) is 0 Å². The Morgan fingerprint density at radius 1 is 1.43 bits per heavy atom. The molecule has 2 rings (SSSR count). The van der Waals surface area contributed by atoms with Crippen molar-refractivity contribution in [2.45, 2.75) is 6.42 Å². The van der Waals surface area contributed by atoms with E-state index in [0.29, 0.717) is 0 Å². The molecule has 0 aliphatic rings. The first kappa shape index (κ1) is 10.3. The summed E-state index contributed by atoms with van der Waals surface area (Å²) >= 11 is 9.47. The van der Waals surface area contributed by atoms with Crippen molar-refractivity contribution in [2.24, 2.45) is 0 Å². The van der Waals surface area contributed by atoms with E-state index in [2.05, 4.69) is 31.9 Å². The molecule has 0 fully saturated rings. The minimum atomic E-state index is 0.750. The quantitative estimate of drug-likeness (QED) is 0.786. The van der Waals surface area contributed by atoms with E-state index in [9.17, 15) is 0 Å². The maximum Gasteiger partial charge on any atom is 0.173 e. The Hall–Kier alpha value is -0.200. The Balaban J connectivity index is 2.18. The third-order valence-electron chi connectivity index (χ3n) is 1.69. The lowest BCUT2D eigenvalue weighted by Crippen LogP contribution is -1.90. The van der Waals surface area contributed by atoms with Crippen LogP contribution in [0.3, 0.4) is 0 Å². The van der Waals surface area contributed by atoms with Crippen LogP contribution in [-0.2, 0) is 6.42 Å². The van der Waals surface area contributed by atoms with Gasteiger partial charge in [-0.25, -0.2) is 4.98 Å². The monoisotopic (exact) mass is 336 g/mol. The highest BCUT2D eigenvalue weighted by Crippen LogP contribution is 2.15. The van der Waals surface area contributed by atoms with Crippen LogP contribution in [-0.4, -0.2) is 9.36 Å². The van der Waals surface area contributed by atoms with Crippen molar-refractivity contribution in [1.82, 2.24) is 9.36 Å². The third-order valence-corrected chi connectivity index (χ3v) is 3.31. The van der Waals surface area contributed by atoms with Crippen LogP contribution in [0, 0.1) is 3.01 Å². The summed E-state index contributed by atoms with van der Waals surface area (Å²) in [4.78, 5) is 4.29. The van der Waals surface area contributed by atoms with Gasteiger partial charge >= 0.3 is 0 Å². The normalized spacial score (nSPS) is 10.4. The van der Waals surface area contributed by atoms with Gasteiger partial charge < -0.3 is 0 Å². The zero-order valence-electron chi connectivity index (χ0n) is 7.08. The van der Waals surface area contributed by atoms with Crippen LogP contribution in [0.5, 0.6) is 0 Å². The van der Waals surface area contributed by atoms with Gasteiger partial charge in [0.15, 0.2) is 3.01 Å². The molecule has 1 aromatic carbocycles. The van der Waals surface area contributed by atoms with Crippen LogP contribution in [0.15, 0.2) is 24.3 Å². The molecule has 0 saturated carbocycles. The second-order valence-corrected chi connectivity index (χ2v) is 5.71.